The van der Waals surface area contributed by atoms with E-state index in [2.05, 4.69) is 10.4 Å². The van der Waals surface area contributed by atoms with E-state index in [1.807, 2.05) is 72.8 Å². The molecule has 0 aliphatic carbocycles. The minimum atomic E-state index is -0.231. The molecule has 4 rings (SSSR count). The van der Waals surface area contributed by atoms with Crippen LogP contribution in [-0.4, -0.2) is 22.8 Å². The van der Waals surface area contributed by atoms with Crippen LogP contribution in [-0.2, 0) is 6.54 Å². The van der Waals surface area contributed by atoms with E-state index in [0.717, 1.165) is 16.9 Å². The van der Waals surface area contributed by atoms with Gasteiger partial charge in [0.2, 0.25) is 0 Å². The van der Waals surface area contributed by atoms with E-state index < -0.39 is 0 Å². The number of hydrogen-bond donors (Lipinski definition) is 1. The fourth-order valence-corrected chi connectivity index (χ4v) is 3.34. The number of para-hydroxylation sites is 1. The van der Waals surface area contributed by atoms with Crippen LogP contribution in [0.5, 0.6) is 5.75 Å². The summed E-state index contributed by atoms with van der Waals surface area (Å²) in [4.78, 5) is 13.0. The number of ether oxygens (including phenoxy) is 1. The molecule has 0 fully saturated rings. The maximum absolute atomic E-state index is 13.0. The van der Waals surface area contributed by atoms with Gasteiger partial charge in [0, 0.05) is 12.1 Å². The number of nitrogens with zero attached hydrogens (tertiary/aromatic N) is 2. The van der Waals surface area contributed by atoms with E-state index >= 15 is 0 Å². The minimum Gasteiger partial charge on any atom is -0.497 e. The summed E-state index contributed by atoms with van der Waals surface area (Å²) >= 11 is 6.39. The Balaban J connectivity index is 1.70. The summed E-state index contributed by atoms with van der Waals surface area (Å²) in [5.74, 6) is 0.524. The summed E-state index contributed by atoms with van der Waals surface area (Å²) < 4.78 is 6.81. The van der Waals surface area contributed by atoms with Gasteiger partial charge >= 0.3 is 0 Å². The number of rotatable bonds is 6. The predicted molar refractivity (Wildman–Crippen MR) is 118 cm³/mol. The number of amides is 1. The monoisotopic (exact) mass is 417 g/mol. The molecule has 0 atom stereocenters. The third kappa shape index (κ3) is 4.21. The molecule has 0 aliphatic rings. The molecule has 3 aromatic carbocycles. The van der Waals surface area contributed by atoms with Crippen molar-refractivity contribution < 1.29 is 9.53 Å². The predicted octanol–water partition coefficient (Wildman–Crippen LogP) is 5.13. The largest absolute Gasteiger partial charge is 0.497 e. The molecular weight excluding hydrogens is 398 g/mol. The normalized spacial score (nSPS) is 10.6. The van der Waals surface area contributed by atoms with Gasteiger partial charge in [0.05, 0.1) is 23.5 Å². The number of methoxy groups -OCH3 is 1. The molecular formula is C24H20ClN3O2. The first-order valence-corrected chi connectivity index (χ1v) is 9.85. The average molecular weight is 418 g/mol. The van der Waals surface area contributed by atoms with Crippen molar-refractivity contribution in [1.29, 1.82) is 0 Å². The maximum atomic E-state index is 13.0. The molecule has 30 heavy (non-hydrogen) atoms. The van der Waals surface area contributed by atoms with Crippen LogP contribution in [0.4, 0.5) is 0 Å². The molecule has 1 heterocycles. The molecule has 1 aromatic heterocycles. The van der Waals surface area contributed by atoms with Crippen LogP contribution in [0.3, 0.4) is 0 Å². The standard InChI is InChI=1S/C24H20ClN3O2/c1-30-19-13-11-18(12-14-19)21-15-23(24(29)26-16-17-7-3-2-4-8-17)28(27-21)22-10-6-5-9-20(22)25/h2-15H,16H2,1H3,(H,26,29). The highest BCUT2D eigenvalue weighted by Crippen LogP contribution is 2.26. The zero-order valence-electron chi connectivity index (χ0n) is 16.4. The van der Waals surface area contributed by atoms with Gasteiger partial charge in [-0.25, -0.2) is 4.68 Å². The van der Waals surface area contributed by atoms with E-state index in [1.54, 1.807) is 23.9 Å². The van der Waals surface area contributed by atoms with E-state index in [-0.39, 0.29) is 5.91 Å². The van der Waals surface area contributed by atoms with Crippen LogP contribution < -0.4 is 10.1 Å². The molecule has 1 N–H and O–H groups in total. The molecule has 0 aliphatic heterocycles. The Morgan fingerprint density at radius 3 is 2.40 bits per heavy atom. The van der Waals surface area contributed by atoms with Crippen molar-refractivity contribution in [2.24, 2.45) is 0 Å². The quantitative estimate of drug-likeness (QED) is 0.473. The number of aromatic nitrogens is 2. The van der Waals surface area contributed by atoms with Gasteiger partial charge in [0.15, 0.2) is 0 Å². The number of hydrogen-bond acceptors (Lipinski definition) is 3. The minimum absolute atomic E-state index is 0.231. The first kappa shape index (κ1) is 19.7. The zero-order valence-corrected chi connectivity index (χ0v) is 17.1. The van der Waals surface area contributed by atoms with Crippen LogP contribution >= 0.6 is 11.6 Å². The second kappa shape index (κ2) is 8.84. The summed E-state index contributed by atoms with van der Waals surface area (Å²) in [6.07, 6.45) is 0. The topological polar surface area (TPSA) is 56.1 Å². The van der Waals surface area contributed by atoms with E-state index in [1.165, 1.54) is 0 Å². The van der Waals surface area contributed by atoms with Crippen LogP contribution in [0, 0.1) is 0 Å². The molecule has 5 nitrogen and oxygen atoms in total. The molecule has 0 spiro atoms. The first-order valence-electron chi connectivity index (χ1n) is 9.47. The summed E-state index contributed by atoms with van der Waals surface area (Å²) in [6.45, 7) is 0.422. The third-order valence-corrected chi connectivity index (χ3v) is 5.02. The van der Waals surface area contributed by atoms with Crippen molar-refractivity contribution >= 4 is 17.5 Å². The molecule has 4 aromatic rings. The van der Waals surface area contributed by atoms with E-state index in [9.17, 15) is 4.79 Å². The lowest BCUT2D eigenvalue weighted by molar-refractivity contribution is 0.0943. The SMILES string of the molecule is COc1ccc(-c2cc(C(=O)NCc3ccccc3)n(-c3ccccc3Cl)n2)cc1. The summed E-state index contributed by atoms with van der Waals surface area (Å²) in [5, 5.41) is 8.15. The van der Waals surface area contributed by atoms with Gasteiger partial charge in [0.25, 0.3) is 5.91 Å². The molecule has 0 unspecified atom stereocenters. The van der Waals surface area contributed by atoms with Gasteiger partial charge in [-0.3, -0.25) is 4.79 Å². The summed E-state index contributed by atoms with van der Waals surface area (Å²) in [5.41, 5.74) is 3.61. The van der Waals surface area contributed by atoms with Gasteiger partial charge < -0.3 is 10.1 Å². The van der Waals surface area contributed by atoms with Gasteiger partial charge in [0.1, 0.15) is 11.4 Å². The van der Waals surface area contributed by atoms with Gasteiger partial charge in [-0.15, -0.1) is 0 Å². The van der Waals surface area contributed by atoms with Crippen LogP contribution in [0.1, 0.15) is 16.1 Å². The number of carbonyl (C=O) groups excluding carboxylic acids is 1. The summed E-state index contributed by atoms with van der Waals surface area (Å²) in [7, 11) is 1.62. The zero-order chi connectivity index (χ0) is 20.9. The Labute approximate surface area is 179 Å². The molecule has 0 saturated heterocycles. The molecule has 1 amide bonds. The summed E-state index contributed by atoms with van der Waals surface area (Å²) in [6, 6.07) is 26.4. The first-order chi connectivity index (χ1) is 14.7. The van der Waals surface area contributed by atoms with Crippen molar-refractivity contribution in [3.8, 4) is 22.7 Å². The number of carbonyl (C=O) groups is 1. The van der Waals surface area contributed by atoms with Gasteiger partial charge in [-0.05, 0) is 48.0 Å². The van der Waals surface area contributed by atoms with Crippen LogP contribution in [0.15, 0.2) is 84.9 Å². The average Bonchev–Trinajstić information content (AvgIpc) is 3.24. The smallest absolute Gasteiger partial charge is 0.270 e. The van der Waals surface area contributed by atoms with E-state index in [0.29, 0.717) is 28.6 Å². The highest BCUT2D eigenvalue weighted by Gasteiger charge is 2.19. The molecule has 150 valence electrons. The van der Waals surface area contributed by atoms with Crippen LogP contribution in [0.2, 0.25) is 5.02 Å². The third-order valence-electron chi connectivity index (χ3n) is 4.70. The van der Waals surface area contributed by atoms with Crippen molar-refractivity contribution in [2.75, 3.05) is 7.11 Å². The number of benzene rings is 3. The Bertz CT molecular complexity index is 1150. The van der Waals surface area contributed by atoms with E-state index in [4.69, 9.17) is 16.3 Å². The van der Waals surface area contributed by atoms with Crippen molar-refractivity contribution in [3.05, 3.63) is 101 Å². The fourth-order valence-electron chi connectivity index (χ4n) is 3.12. The second-order valence-electron chi connectivity index (χ2n) is 6.67. The molecule has 0 bridgehead atoms. The van der Waals surface area contributed by atoms with Gasteiger partial charge in [-0.1, -0.05) is 54.1 Å². The van der Waals surface area contributed by atoms with Crippen molar-refractivity contribution in [2.45, 2.75) is 6.54 Å². The lowest BCUT2D eigenvalue weighted by Gasteiger charge is -2.09. The lowest BCUT2D eigenvalue weighted by Crippen LogP contribution is -2.25. The number of nitrogens with one attached hydrogen (secondary N) is 1. The highest BCUT2D eigenvalue weighted by molar-refractivity contribution is 6.32. The Morgan fingerprint density at radius 1 is 1.00 bits per heavy atom. The highest BCUT2D eigenvalue weighted by atomic mass is 35.5. The van der Waals surface area contributed by atoms with Gasteiger partial charge in [-0.2, -0.15) is 5.10 Å². The fraction of sp³-hybridized carbons (Fsp3) is 0.0833. The Hall–Kier alpha value is -3.57. The van der Waals surface area contributed by atoms with Crippen molar-refractivity contribution in [3.63, 3.8) is 0 Å². The Kier molecular flexibility index (Phi) is 5.82. The molecule has 6 heteroatoms. The van der Waals surface area contributed by atoms with Crippen LogP contribution in [0.25, 0.3) is 16.9 Å². The lowest BCUT2D eigenvalue weighted by atomic mass is 10.1. The second-order valence-corrected chi connectivity index (χ2v) is 7.08. The molecule has 0 saturated carbocycles. The molecule has 0 radical (unpaired) electrons. The number of halogens is 1. The maximum Gasteiger partial charge on any atom is 0.270 e. The Morgan fingerprint density at radius 2 is 1.70 bits per heavy atom. The van der Waals surface area contributed by atoms with Crippen molar-refractivity contribution in [1.82, 2.24) is 15.1 Å².